The summed E-state index contributed by atoms with van der Waals surface area (Å²) in [4.78, 5) is 50.8. The number of fused-ring (bicyclic) bond motifs is 2. The van der Waals surface area contributed by atoms with E-state index in [1.807, 2.05) is 36.2 Å². The number of nitrogens with zero attached hydrogens (tertiary/aromatic N) is 5. The Morgan fingerprint density at radius 1 is 1.00 bits per heavy atom. The van der Waals surface area contributed by atoms with Gasteiger partial charge in [0.2, 0.25) is 17.7 Å². The number of carbonyl (C=O) groups is 3. The van der Waals surface area contributed by atoms with Gasteiger partial charge in [0, 0.05) is 45.9 Å². The standard InChI is InChI=1S/C20H23N5O3/c1-23-11-5-13-25(16(26)8-4-12-24-17(27)9-10-18(24)28)20-19(23)21-14-6-2-3-7-15(14)22-20/h2-3,6-7H,4-5,8-13H2,1H3. The highest BCUT2D eigenvalue weighted by Gasteiger charge is 2.30. The van der Waals surface area contributed by atoms with Gasteiger partial charge < -0.3 is 4.90 Å². The van der Waals surface area contributed by atoms with E-state index in [9.17, 15) is 14.4 Å². The SMILES string of the molecule is CN1CCCN(C(=O)CCCN2C(=O)CCC2=O)c2nc3ccccc3nc21. The smallest absolute Gasteiger partial charge is 0.229 e. The number of hydrogen-bond donors (Lipinski definition) is 0. The van der Waals surface area contributed by atoms with Crippen LogP contribution < -0.4 is 9.80 Å². The molecule has 0 radical (unpaired) electrons. The van der Waals surface area contributed by atoms with Crippen LogP contribution in [0.4, 0.5) is 11.6 Å². The molecule has 4 rings (SSSR count). The molecule has 8 nitrogen and oxygen atoms in total. The fourth-order valence-electron chi connectivity index (χ4n) is 3.73. The van der Waals surface area contributed by atoms with Crippen molar-refractivity contribution in [1.82, 2.24) is 14.9 Å². The average molecular weight is 381 g/mol. The molecule has 0 saturated carbocycles. The van der Waals surface area contributed by atoms with Gasteiger partial charge in [0.1, 0.15) is 0 Å². The first-order valence-electron chi connectivity index (χ1n) is 9.66. The van der Waals surface area contributed by atoms with Crippen molar-refractivity contribution in [3.8, 4) is 0 Å². The summed E-state index contributed by atoms with van der Waals surface area (Å²) in [6, 6.07) is 7.63. The molecular weight excluding hydrogens is 358 g/mol. The molecule has 2 aliphatic rings. The van der Waals surface area contributed by atoms with Crippen molar-refractivity contribution >= 4 is 40.4 Å². The van der Waals surface area contributed by atoms with E-state index in [-0.39, 0.29) is 37.0 Å². The quantitative estimate of drug-likeness (QED) is 0.750. The number of carbonyl (C=O) groups excluding carboxylic acids is 3. The summed E-state index contributed by atoms with van der Waals surface area (Å²) in [7, 11) is 1.96. The highest BCUT2D eigenvalue weighted by molar-refractivity contribution is 6.02. The summed E-state index contributed by atoms with van der Waals surface area (Å²) in [5, 5.41) is 0. The van der Waals surface area contributed by atoms with Gasteiger partial charge in [-0.15, -0.1) is 0 Å². The first-order chi connectivity index (χ1) is 13.5. The zero-order valence-corrected chi connectivity index (χ0v) is 15.9. The first-order valence-corrected chi connectivity index (χ1v) is 9.66. The summed E-state index contributed by atoms with van der Waals surface area (Å²) < 4.78 is 0. The Bertz CT molecular complexity index is 929. The van der Waals surface area contributed by atoms with Crippen molar-refractivity contribution in [2.24, 2.45) is 0 Å². The number of imide groups is 1. The molecule has 2 aromatic rings. The minimum atomic E-state index is -0.142. The zero-order valence-electron chi connectivity index (χ0n) is 15.9. The molecule has 0 bridgehead atoms. The Hall–Kier alpha value is -3.03. The van der Waals surface area contributed by atoms with Gasteiger partial charge in [-0.05, 0) is 25.0 Å². The molecule has 0 atom stereocenters. The van der Waals surface area contributed by atoms with Crippen LogP contribution in [0.1, 0.15) is 32.1 Å². The molecule has 1 aromatic heterocycles. The molecule has 1 saturated heterocycles. The lowest BCUT2D eigenvalue weighted by Gasteiger charge is -2.23. The Morgan fingerprint density at radius 2 is 1.64 bits per heavy atom. The third kappa shape index (κ3) is 3.42. The van der Waals surface area contributed by atoms with Crippen LogP contribution in [-0.2, 0) is 14.4 Å². The van der Waals surface area contributed by atoms with E-state index < -0.39 is 0 Å². The molecule has 28 heavy (non-hydrogen) atoms. The van der Waals surface area contributed by atoms with Gasteiger partial charge in [-0.3, -0.25) is 24.2 Å². The summed E-state index contributed by atoms with van der Waals surface area (Å²) >= 11 is 0. The normalized spacial score (nSPS) is 17.2. The lowest BCUT2D eigenvalue weighted by Crippen LogP contribution is -2.34. The molecule has 8 heteroatoms. The van der Waals surface area contributed by atoms with Crippen LogP contribution in [0.5, 0.6) is 0 Å². The molecule has 0 spiro atoms. The Labute approximate surface area is 163 Å². The lowest BCUT2D eigenvalue weighted by atomic mass is 10.2. The second-order valence-electron chi connectivity index (χ2n) is 7.22. The van der Waals surface area contributed by atoms with Crippen LogP contribution >= 0.6 is 0 Å². The predicted octanol–water partition coefficient (Wildman–Crippen LogP) is 1.73. The molecule has 1 aromatic carbocycles. The highest BCUT2D eigenvalue weighted by Crippen LogP contribution is 2.30. The largest absolute Gasteiger partial charge is 0.357 e. The monoisotopic (exact) mass is 381 g/mol. The maximum atomic E-state index is 12.9. The molecule has 0 N–H and O–H groups in total. The van der Waals surface area contributed by atoms with Crippen molar-refractivity contribution in [2.45, 2.75) is 32.1 Å². The van der Waals surface area contributed by atoms with Gasteiger partial charge >= 0.3 is 0 Å². The van der Waals surface area contributed by atoms with Crippen LogP contribution in [0, 0.1) is 0 Å². The van der Waals surface area contributed by atoms with Gasteiger partial charge in [-0.2, -0.15) is 0 Å². The minimum Gasteiger partial charge on any atom is -0.357 e. The fraction of sp³-hybridized carbons (Fsp3) is 0.450. The van der Waals surface area contributed by atoms with Crippen LogP contribution in [0.15, 0.2) is 24.3 Å². The second-order valence-corrected chi connectivity index (χ2v) is 7.22. The average Bonchev–Trinajstić information content (AvgIpc) is 2.92. The maximum Gasteiger partial charge on any atom is 0.229 e. The minimum absolute atomic E-state index is 0.0553. The molecule has 3 amide bonds. The van der Waals surface area contributed by atoms with Gasteiger partial charge in [-0.1, -0.05) is 12.1 Å². The van der Waals surface area contributed by atoms with E-state index in [2.05, 4.69) is 0 Å². The van der Waals surface area contributed by atoms with E-state index in [0.29, 0.717) is 31.1 Å². The third-order valence-electron chi connectivity index (χ3n) is 5.26. The van der Waals surface area contributed by atoms with E-state index in [4.69, 9.17) is 9.97 Å². The van der Waals surface area contributed by atoms with Gasteiger partial charge in [0.15, 0.2) is 11.6 Å². The highest BCUT2D eigenvalue weighted by atomic mass is 16.2. The van der Waals surface area contributed by atoms with Crippen molar-refractivity contribution in [1.29, 1.82) is 0 Å². The summed E-state index contributed by atoms with van der Waals surface area (Å²) in [5.41, 5.74) is 1.55. The first kappa shape index (κ1) is 18.3. The molecule has 3 heterocycles. The number of hydrogen-bond acceptors (Lipinski definition) is 6. The zero-order chi connectivity index (χ0) is 19.7. The fourth-order valence-corrected chi connectivity index (χ4v) is 3.73. The van der Waals surface area contributed by atoms with Crippen LogP contribution in [0.3, 0.4) is 0 Å². The molecule has 0 aliphatic carbocycles. The van der Waals surface area contributed by atoms with Crippen molar-refractivity contribution < 1.29 is 14.4 Å². The number of benzene rings is 1. The van der Waals surface area contributed by atoms with Crippen LogP contribution in [0.25, 0.3) is 11.0 Å². The molecule has 1 fully saturated rings. The Morgan fingerprint density at radius 3 is 2.32 bits per heavy atom. The van der Waals surface area contributed by atoms with E-state index in [1.54, 1.807) is 4.90 Å². The van der Waals surface area contributed by atoms with Crippen molar-refractivity contribution in [3.63, 3.8) is 0 Å². The predicted molar refractivity (Wildman–Crippen MR) is 105 cm³/mol. The van der Waals surface area contributed by atoms with Crippen LogP contribution in [0.2, 0.25) is 0 Å². The van der Waals surface area contributed by atoms with E-state index in [0.717, 1.165) is 24.0 Å². The summed E-state index contributed by atoms with van der Waals surface area (Å²) in [6.07, 6.45) is 2.09. The number of rotatable bonds is 4. The number of amides is 3. The molecular formula is C20H23N5O3. The molecule has 0 unspecified atom stereocenters. The van der Waals surface area contributed by atoms with Crippen molar-refractivity contribution in [2.75, 3.05) is 36.5 Å². The third-order valence-corrected chi connectivity index (χ3v) is 5.26. The Balaban J connectivity index is 1.53. The van der Waals surface area contributed by atoms with E-state index in [1.165, 1.54) is 4.90 Å². The number of para-hydroxylation sites is 2. The summed E-state index contributed by atoms with van der Waals surface area (Å²) in [6.45, 7) is 1.67. The Kier molecular flexibility index (Phi) is 4.93. The van der Waals surface area contributed by atoms with Crippen LogP contribution in [-0.4, -0.2) is 59.3 Å². The number of aromatic nitrogens is 2. The summed E-state index contributed by atoms with van der Waals surface area (Å²) in [5.74, 6) is 0.944. The van der Waals surface area contributed by atoms with Gasteiger partial charge in [-0.25, -0.2) is 9.97 Å². The van der Waals surface area contributed by atoms with Crippen molar-refractivity contribution in [3.05, 3.63) is 24.3 Å². The molecule has 146 valence electrons. The number of anilines is 2. The topological polar surface area (TPSA) is 86.7 Å². The second kappa shape index (κ2) is 7.53. The number of likely N-dealkylation sites (tertiary alicyclic amines) is 1. The maximum absolute atomic E-state index is 12.9. The van der Waals surface area contributed by atoms with E-state index >= 15 is 0 Å². The van der Waals surface area contributed by atoms with Gasteiger partial charge in [0.25, 0.3) is 0 Å². The van der Waals surface area contributed by atoms with Gasteiger partial charge in [0.05, 0.1) is 11.0 Å². The molecule has 2 aliphatic heterocycles. The lowest BCUT2D eigenvalue weighted by molar-refractivity contribution is -0.138.